The van der Waals surface area contributed by atoms with Crippen molar-refractivity contribution in [1.29, 1.82) is 0 Å². The Balaban J connectivity index is 1.23. The van der Waals surface area contributed by atoms with Crippen molar-refractivity contribution >= 4 is 46.8 Å². The molecule has 17 nitrogen and oxygen atoms in total. The molecule has 0 saturated carbocycles. The first kappa shape index (κ1) is 39.8. The van der Waals surface area contributed by atoms with Crippen LogP contribution in [0.15, 0.2) is 53.9 Å². The predicted octanol–water partition coefficient (Wildman–Crippen LogP) is 1.75. The zero-order valence-electron chi connectivity index (χ0n) is 30.3. The molecular weight excluding hydrogens is 720 g/mol. The number of carboxylic acid groups (broad SMARTS) is 1. The molecule has 2 aromatic heterocycles. The average molecular weight is 764 g/mol. The van der Waals surface area contributed by atoms with Gasteiger partial charge in [0.25, 0.3) is 5.91 Å². The van der Waals surface area contributed by atoms with E-state index in [1.165, 1.54) is 31.6 Å². The number of piperazine rings is 1. The number of amides is 3. The Morgan fingerprint density at radius 2 is 1.75 bits per heavy atom. The minimum Gasteiger partial charge on any atom is -0.494 e. The van der Waals surface area contributed by atoms with Crippen molar-refractivity contribution in [3.63, 3.8) is 0 Å². The maximum atomic E-state index is 14.9. The Morgan fingerprint density at radius 3 is 2.42 bits per heavy atom. The quantitative estimate of drug-likeness (QED) is 0.0576. The number of imidazole rings is 1. The lowest BCUT2D eigenvalue weighted by Gasteiger charge is -2.37. The summed E-state index contributed by atoms with van der Waals surface area (Å²) in [4.78, 5) is 66.8. The van der Waals surface area contributed by atoms with Gasteiger partial charge in [-0.25, -0.2) is 14.4 Å². The van der Waals surface area contributed by atoms with Crippen LogP contribution >= 0.6 is 0 Å². The standard InChI is InChI=1S/C36H43F2N11O6/c1-20-18-21(45-31-32-44-19-26(49(32)13-12-42-31)23-7-9-27(55-2)30(38)29(23)37)5-6-22(20)34(53)47-14-16-48(17-15-47)35(54)25(4-3-11-43-36(40)41)46-33(52)24(39)8-10-28(50)51/h5-7,9,12-13,18-19,24-25H,3-4,8,10-11,14-17,39H2,1-2H3,(H,42,45)(H,46,52)(H,50,51)(H4,40,41,43)/t24-,25-/m0/s1. The van der Waals surface area contributed by atoms with E-state index in [1.807, 2.05) is 0 Å². The molecule has 55 heavy (non-hydrogen) atoms. The second-order valence-electron chi connectivity index (χ2n) is 12.9. The number of carbonyl (C=O) groups excluding carboxylic acids is 3. The Bertz CT molecular complexity index is 2100. The minimum atomic E-state index is -1.12. The largest absolute Gasteiger partial charge is 0.494 e. The summed E-state index contributed by atoms with van der Waals surface area (Å²) >= 11 is 0. The third-order valence-corrected chi connectivity index (χ3v) is 9.13. The molecule has 1 aliphatic heterocycles. The van der Waals surface area contributed by atoms with Crippen LogP contribution in [0.1, 0.15) is 41.6 Å². The lowest BCUT2D eigenvalue weighted by atomic mass is 10.1. The first-order valence-electron chi connectivity index (χ1n) is 17.4. The fourth-order valence-corrected chi connectivity index (χ4v) is 6.18. The smallest absolute Gasteiger partial charge is 0.303 e. The monoisotopic (exact) mass is 763 g/mol. The van der Waals surface area contributed by atoms with Gasteiger partial charge in [-0.3, -0.25) is 28.6 Å². The lowest BCUT2D eigenvalue weighted by molar-refractivity contribution is -0.139. The topological polar surface area (TPSA) is 249 Å². The van der Waals surface area contributed by atoms with Gasteiger partial charge in [-0.2, -0.15) is 4.39 Å². The van der Waals surface area contributed by atoms with Crippen molar-refractivity contribution in [1.82, 2.24) is 29.5 Å². The third-order valence-electron chi connectivity index (χ3n) is 9.13. The van der Waals surface area contributed by atoms with Gasteiger partial charge in [0.2, 0.25) is 17.6 Å². The average Bonchev–Trinajstić information content (AvgIpc) is 3.60. The second-order valence-corrected chi connectivity index (χ2v) is 12.9. The van der Waals surface area contributed by atoms with Gasteiger partial charge in [0, 0.05) is 68.4 Å². The summed E-state index contributed by atoms with van der Waals surface area (Å²) in [5, 5.41) is 14.8. The molecule has 5 rings (SSSR count). The van der Waals surface area contributed by atoms with Crippen molar-refractivity contribution in [2.24, 2.45) is 22.2 Å². The first-order chi connectivity index (χ1) is 26.3. The summed E-state index contributed by atoms with van der Waals surface area (Å²) in [5.74, 6) is -4.49. The molecule has 0 bridgehead atoms. The fraction of sp³-hybridized carbons (Fsp3) is 0.361. The molecule has 19 heteroatoms. The van der Waals surface area contributed by atoms with E-state index in [9.17, 15) is 28.0 Å². The van der Waals surface area contributed by atoms with Crippen molar-refractivity contribution in [2.75, 3.05) is 45.2 Å². The molecule has 4 aromatic rings. The van der Waals surface area contributed by atoms with Gasteiger partial charge in [-0.05, 0) is 62.1 Å². The number of ether oxygens (including phenoxy) is 1. The summed E-state index contributed by atoms with van der Waals surface area (Å²) in [6.07, 6.45) is 4.68. The molecule has 2 aromatic carbocycles. The van der Waals surface area contributed by atoms with Gasteiger partial charge in [-0.1, -0.05) is 0 Å². The van der Waals surface area contributed by atoms with E-state index in [-0.39, 0.29) is 81.1 Å². The van der Waals surface area contributed by atoms with Crippen molar-refractivity contribution in [3.05, 3.63) is 71.7 Å². The number of halogens is 2. The zero-order chi connectivity index (χ0) is 39.8. The number of aliphatic imine (C=N–C) groups is 1. The summed E-state index contributed by atoms with van der Waals surface area (Å²) in [7, 11) is 1.25. The number of benzene rings is 2. The van der Waals surface area contributed by atoms with Crippen LogP contribution < -0.4 is 32.6 Å². The Hall–Kier alpha value is -6.37. The number of carboxylic acids is 1. The first-order valence-corrected chi connectivity index (χ1v) is 17.4. The van der Waals surface area contributed by atoms with Crippen LogP contribution in [0.2, 0.25) is 0 Å². The Labute approximate surface area is 314 Å². The number of aromatic nitrogens is 3. The normalized spacial score (nSPS) is 13.9. The SMILES string of the molecule is COc1ccc(-c2cnc3c(Nc4ccc(C(=O)N5CCN(C(=O)[C@H](CCCN=C(N)N)NC(=O)[C@@H](N)CCC(=O)O)CC5)c(C)c4)nccn23)c(F)c1F. The van der Waals surface area contributed by atoms with Gasteiger partial charge in [0.15, 0.2) is 29.0 Å². The molecule has 9 N–H and O–H groups in total. The summed E-state index contributed by atoms with van der Waals surface area (Å²) in [5.41, 5.74) is 19.1. The number of guanidine groups is 1. The highest BCUT2D eigenvalue weighted by Crippen LogP contribution is 2.32. The third kappa shape index (κ3) is 9.42. The van der Waals surface area contributed by atoms with Crippen LogP contribution in [0.5, 0.6) is 5.75 Å². The van der Waals surface area contributed by atoms with E-state index in [2.05, 4.69) is 25.6 Å². The molecule has 0 spiro atoms. The number of aryl methyl sites for hydroxylation is 1. The van der Waals surface area contributed by atoms with Crippen molar-refractivity contribution in [2.45, 2.75) is 44.7 Å². The number of methoxy groups -OCH3 is 1. The number of rotatable bonds is 15. The van der Waals surface area contributed by atoms with Crippen LogP contribution in [0.25, 0.3) is 16.9 Å². The molecule has 3 amide bonds. The molecule has 1 saturated heterocycles. The maximum Gasteiger partial charge on any atom is 0.303 e. The number of carbonyl (C=O) groups is 4. The number of aliphatic carboxylic acids is 1. The van der Waals surface area contributed by atoms with Crippen LogP contribution in [0.3, 0.4) is 0 Å². The number of anilines is 2. The molecule has 1 fully saturated rings. The van der Waals surface area contributed by atoms with E-state index in [1.54, 1.807) is 45.5 Å². The number of nitrogens with two attached hydrogens (primary N) is 3. The Morgan fingerprint density at radius 1 is 1.02 bits per heavy atom. The van der Waals surface area contributed by atoms with E-state index < -0.39 is 35.6 Å². The number of nitrogens with zero attached hydrogens (tertiary/aromatic N) is 6. The van der Waals surface area contributed by atoms with Gasteiger partial charge < -0.3 is 47.5 Å². The van der Waals surface area contributed by atoms with Gasteiger partial charge in [0.1, 0.15) is 6.04 Å². The number of hydrogen-bond donors (Lipinski definition) is 6. The highest BCUT2D eigenvalue weighted by molar-refractivity contribution is 5.96. The molecule has 0 unspecified atom stereocenters. The van der Waals surface area contributed by atoms with Crippen LogP contribution in [-0.4, -0.2) is 111 Å². The summed E-state index contributed by atoms with van der Waals surface area (Å²) in [6.45, 7) is 2.92. The van der Waals surface area contributed by atoms with Crippen molar-refractivity contribution < 1.29 is 37.8 Å². The molecule has 1 aliphatic rings. The highest BCUT2D eigenvalue weighted by atomic mass is 19.2. The molecule has 2 atom stereocenters. The van der Waals surface area contributed by atoms with Gasteiger partial charge in [0.05, 0.1) is 25.0 Å². The molecule has 0 radical (unpaired) electrons. The molecular formula is C36H43F2N11O6. The number of hydrogen-bond acceptors (Lipinski definition) is 10. The summed E-state index contributed by atoms with van der Waals surface area (Å²) in [6, 6.07) is 5.84. The van der Waals surface area contributed by atoms with Crippen LogP contribution in [0, 0.1) is 18.6 Å². The summed E-state index contributed by atoms with van der Waals surface area (Å²) < 4.78 is 35.8. The van der Waals surface area contributed by atoms with Crippen molar-refractivity contribution in [3.8, 4) is 17.0 Å². The van der Waals surface area contributed by atoms with E-state index in [0.717, 1.165) is 0 Å². The molecule has 0 aliphatic carbocycles. The van der Waals surface area contributed by atoms with Gasteiger partial charge >= 0.3 is 5.97 Å². The van der Waals surface area contributed by atoms with Crippen LogP contribution in [-0.2, 0) is 14.4 Å². The number of fused-ring (bicyclic) bond motifs is 1. The maximum absolute atomic E-state index is 14.9. The Kier molecular flexibility index (Phi) is 12.8. The van der Waals surface area contributed by atoms with E-state index in [4.69, 9.17) is 27.0 Å². The highest BCUT2D eigenvalue weighted by Gasteiger charge is 2.31. The second kappa shape index (κ2) is 17.6. The van der Waals surface area contributed by atoms with Crippen LogP contribution in [0.4, 0.5) is 20.3 Å². The van der Waals surface area contributed by atoms with E-state index in [0.29, 0.717) is 40.4 Å². The van der Waals surface area contributed by atoms with Gasteiger partial charge in [-0.15, -0.1) is 0 Å². The minimum absolute atomic E-state index is 0.00679. The lowest BCUT2D eigenvalue weighted by Crippen LogP contribution is -2.57. The fourth-order valence-electron chi connectivity index (χ4n) is 6.18. The predicted molar refractivity (Wildman–Crippen MR) is 199 cm³/mol. The molecule has 292 valence electrons. The zero-order valence-corrected chi connectivity index (χ0v) is 30.3. The molecule has 3 heterocycles. The van der Waals surface area contributed by atoms with E-state index >= 15 is 0 Å². The number of nitrogens with one attached hydrogen (secondary N) is 2.